The molecule has 0 bridgehead atoms. The maximum absolute atomic E-state index is 5.03. The van der Waals surface area contributed by atoms with Crippen molar-refractivity contribution in [3.63, 3.8) is 0 Å². The highest BCUT2D eigenvalue weighted by Crippen LogP contribution is 2.16. The number of hydrogen-bond donors (Lipinski definition) is 0. The summed E-state index contributed by atoms with van der Waals surface area (Å²) in [6, 6.07) is 7.74. The lowest BCUT2D eigenvalue weighted by molar-refractivity contribution is 0.606. The van der Waals surface area contributed by atoms with Gasteiger partial charge in [-0.05, 0) is 18.1 Å². The smallest absolute Gasteiger partial charge is 0.374 e. The third-order valence-electron chi connectivity index (χ3n) is 1.48. The van der Waals surface area contributed by atoms with E-state index in [0.29, 0.717) is 0 Å². The zero-order chi connectivity index (χ0) is 7.40. The van der Waals surface area contributed by atoms with Gasteiger partial charge in [-0.25, -0.2) is 0 Å². The van der Waals surface area contributed by atoms with Gasteiger partial charge in [0.25, 0.3) is 0 Å². The Hall–Kier alpha value is -0.915. The lowest BCUT2D eigenvalue weighted by Crippen LogP contribution is -1.90. The Bertz CT molecular complexity index is 187. The van der Waals surface area contributed by atoms with Crippen LogP contribution in [0, 0.1) is 0 Å². The van der Waals surface area contributed by atoms with Gasteiger partial charge in [-0.1, -0.05) is 25.1 Å². The van der Waals surface area contributed by atoms with Crippen LogP contribution in [0.1, 0.15) is 12.5 Å². The minimum Gasteiger partial charge on any atom is -0.568 e. The fourth-order valence-corrected chi connectivity index (χ4v) is 0.911. The average Bonchev–Trinajstić information content (AvgIpc) is 2.04. The van der Waals surface area contributed by atoms with Gasteiger partial charge in [-0.3, -0.25) is 0 Å². The van der Waals surface area contributed by atoms with Crippen LogP contribution in [0.15, 0.2) is 24.3 Å². The summed E-state index contributed by atoms with van der Waals surface area (Å²) in [6.45, 7) is 2.07. The number of rotatable bonds is 2. The predicted octanol–water partition coefficient (Wildman–Crippen LogP) is 1.71. The Labute approximate surface area is 62.5 Å². The van der Waals surface area contributed by atoms with Crippen molar-refractivity contribution in [2.75, 3.05) is 0 Å². The van der Waals surface area contributed by atoms with Crippen molar-refractivity contribution in [3.8, 4) is 5.75 Å². The van der Waals surface area contributed by atoms with Crippen molar-refractivity contribution in [3.05, 3.63) is 29.8 Å². The fraction of sp³-hybridized carbons (Fsp3) is 0.250. The SMILES string of the molecule is [B]Oc1ccccc1CC. The van der Waals surface area contributed by atoms with Crippen LogP contribution in [0.3, 0.4) is 0 Å². The van der Waals surface area contributed by atoms with Crippen molar-refractivity contribution in [1.82, 2.24) is 0 Å². The van der Waals surface area contributed by atoms with E-state index in [0.717, 1.165) is 17.7 Å². The number of para-hydroxylation sites is 1. The topological polar surface area (TPSA) is 9.23 Å². The van der Waals surface area contributed by atoms with Crippen LogP contribution in [0.2, 0.25) is 0 Å². The Balaban J connectivity index is 2.96. The standard InChI is InChI=1S/C8H9BO/c1-2-7-5-3-4-6-8(7)10-9/h3-6H,2H2,1H3. The van der Waals surface area contributed by atoms with Crippen molar-refractivity contribution in [1.29, 1.82) is 0 Å². The van der Waals surface area contributed by atoms with Crippen molar-refractivity contribution in [2.24, 2.45) is 0 Å². The number of aryl methyl sites for hydroxylation is 1. The zero-order valence-corrected chi connectivity index (χ0v) is 6.00. The largest absolute Gasteiger partial charge is 0.568 e. The summed E-state index contributed by atoms with van der Waals surface area (Å²) < 4.78 is 4.64. The highest BCUT2D eigenvalue weighted by atomic mass is 16.4. The third kappa shape index (κ3) is 1.32. The lowest BCUT2D eigenvalue weighted by atomic mass is 10.1. The maximum atomic E-state index is 5.03. The summed E-state index contributed by atoms with van der Waals surface area (Å²) in [6.07, 6.45) is 0.952. The summed E-state index contributed by atoms with van der Waals surface area (Å²) in [4.78, 5) is 0. The number of benzene rings is 1. The predicted molar refractivity (Wildman–Crippen MR) is 42.2 cm³/mol. The van der Waals surface area contributed by atoms with E-state index in [-0.39, 0.29) is 0 Å². The van der Waals surface area contributed by atoms with E-state index in [1.54, 1.807) is 0 Å². The summed E-state index contributed by atoms with van der Waals surface area (Å²) >= 11 is 0. The van der Waals surface area contributed by atoms with Gasteiger partial charge in [0.2, 0.25) is 0 Å². The Kier molecular flexibility index (Phi) is 2.38. The summed E-state index contributed by atoms with van der Waals surface area (Å²) in [5.41, 5.74) is 1.14. The van der Waals surface area contributed by atoms with Gasteiger partial charge in [0.05, 0.1) is 0 Å². The van der Waals surface area contributed by atoms with Gasteiger partial charge < -0.3 is 4.65 Å². The molecule has 0 unspecified atom stereocenters. The molecule has 0 aliphatic heterocycles. The molecule has 1 aromatic carbocycles. The first-order valence-electron chi connectivity index (χ1n) is 3.33. The molecule has 0 saturated heterocycles. The van der Waals surface area contributed by atoms with Crippen LogP contribution in [-0.2, 0) is 6.42 Å². The van der Waals surface area contributed by atoms with Gasteiger partial charge >= 0.3 is 8.05 Å². The second-order valence-corrected chi connectivity index (χ2v) is 2.08. The average molecular weight is 132 g/mol. The summed E-state index contributed by atoms with van der Waals surface area (Å²) in [5.74, 6) is 0.769. The quantitative estimate of drug-likeness (QED) is 0.556. The van der Waals surface area contributed by atoms with Crippen LogP contribution < -0.4 is 4.65 Å². The molecule has 0 saturated carbocycles. The molecule has 0 spiro atoms. The van der Waals surface area contributed by atoms with Gasteiger partial charge in [0.15, 0.2) is 0 Å². The molecule has 0 aliphatic rings. The molecule has 1 aromatic rings. The first kappa shape index (κ1) is 7.20. The Morgan fingerprint density at radius 2 is 2.10 bits per heavy atom. The van der Waals surface area contributed by atoms with Crippen molar-refractivity contribution in [2.45, 2.75) is 13.3 Å². The second-order valence-electron chi connectivity index (χ2n) is 2.08. The molecular weight excluding hydrogens is 123 g/mol. The molecule has 1 rings (SSSR count). The molecule has 2 heteroatoms. The van der Waals surface area contributed by atoms with Crippen molar-refractivity contribution >= 4 is 8.05 Å². The van der Waals surface area contributed by atoms with E-state index in [1.165, 1.54) is 0 Å². The lowest BCUT2D eigenvalue weighted by Gasteiger charge is -2.04. The van der Waals surface area contributed by atoms with E-state index in [2.05, 4.69) is 11.6 Å². The number of hydrogen-bond acceptors (Lipinski definition) is 1. The minimum absolute atomic E-state index is 0.769. The van der Waals surface area contributed by atoms with Gasteiger partial charge in [-0.2, -0.15) is 0 Å². The van der Waals surface area contributed by atoms with Crippen LogP contribution in [0.25, 0.3) is 0 Å². The van der Waals surface area contributed by atoms with Crippen LogP contribution >= 0.6 is 0 Å². The Morgan fingerprint density at radius 1 is 1.40 bits per heavy atom. The molecule has 10 heavy (non-hydrogen) atoms. The second kappa shape index (κ2) is 3.30. The normalized spacial score (nSPS) is 9.30. The fourth-order valence-electron chi connectivity index (χ4n) is 0.911. The van der Waals surface area contributed by atoms with E-state index in [1.807, 2.05) is 24.3 Å². The van der Waals surface area contributed by atoms with Crippen LogP contribution in [-0.4, -0.2) is 8.05 Å². The third-order valence-corrected chi connectivity index (χ3v) is 1.48. The molecule has 0 aliphatic carbocycles. The molecule has 50 valence electrons. The molecular formula is C8H9BO. The maximum Gasteiger partial charge on any atom is 0.374 e. The molecule has 0 amide bonds. The first-order valence-corrected chi connectivity index (χ1v) is 3.33. The molecule has 0 atom stereocenters. The molecule has 1 nitrogen and oxygen atoms in total. The Morgan fingerprint density at radius 3 is 2.60 bits per heavy atom. The van der Waals surface area contributed by atoms with E-state index < -0.39 is 0 Å². The molecule has 2 radical (unpaired) electrons. The van der Waals surface area contributed by atoms with Gasteiger partial charge in [-0.15, -0.1) is 0 Å². The van der Waals surface area contributed by atoms with E-state index in [9.17, 15) is 0 Å². The van der Waals surface area contributed by atoms with Gasteiger partial charge in [0, 0.05) is 0 Å². The van der Waals surface area contributed by atoms with Crippen LogP contribution in [0.5, 0.6) is 5.75 Å². The highest BCUT2D eigenvalue weighted by Gasteiger charge is 1.95. The monoisotopic (exact) mass is 132 g/mol. The van der Waals surface area contributed by atoms with E-state index in [4.69, 9.17) is 8.05 Å². The van der Waals surface area contributed by atoms with Gasteiger partial charge in [0.1, 0.15) is 5.75 Å². The first-order chi connectivity index (χ1) is 4.88. The van der Waals surface area contributed by atoms with Crippen molar-refractivity contribution < 1.29 is 4.65 Å². The van der Waals surface area contributed by atoms with E-state index >= 15 is 0 Å². The molecule has 0 fully saturated rings. The molecule has 0 aromatic heterocycles. The molecule has 0 N–H and O–H groups in total. The minimum atomic E-state index is 0.769. The molecule has 0 heterocycles. The summed E-state index contributed by atoms with van der Waals surface area (Å²) in [7, 11) is 5.03. The zero-order valence-electron chi connectivity index (χ0n) is 6.00. The highest BCUT2D eigenvalue weighted by molar-refractivity contribution is 6.00. The van der Waals surface area contributed by atoms with Crippen LogP contribution in [0.4, 0.5) is 0 Å². The summed E-state index contributed by atoms with van der Waals surface area (Å²) in [5, 5.41) is 0.